The van der Waals surface area contributed by atoms with Crippen LogP contribution in [0.25, 0.3) is 0 Å². The number of aliphatic carboxylic acids is 1. The van der Waals surface area contributed by atoms with Crippen LogP contribution in [0.15, 0.2) is 24.3 Å². The molecule has 0 heterocycles. The lowest BCUT2D eigenvalue weighted by Crippen LogP contribution is -2.43. The van der Waals surface area contributed by atoms with Crippen molar-refractivity contribution in [3.8, 4) is 0 Å². The van der Waals surface area contributed by atoms with Gasteiger partial charge in [-0.1, -0.05) is 19.0 Å². The van der Waals surface area contributed by atoms with E-state index in [2.05, 4.69) is 10.6 Å². The van der Waals surface area contributed by atoms with Crippen molar-refractivity contribution in [1.29, 1.82) is 0 Å². The molecule has 2 amide bonds. The van der Waals surface area contributed by atoms with Crippen LogP contribution in [-0.4, -0.2) is 36.0 Å². The number of rotatable bonds is 6. The number of amides is 2. The Labute approximate surface area is 118 Å². The van der Waals surface area contributed by atoms with Gasteiger partial charge >= 0.3 is 5.97 Å². The van der Waals surface area contributed by atoms with Crippen molar-refractivity contribution in [2.24, 2.45) is 0 Å². The monoisotopic (exact) mass is 279 g/mol. The van der Waals surface area contributed by atoms with Crippen molar-refractivity contribution < 1.29 is 20.9 Å². The highest BCUT2D eigenvalue weighted by atomic mass is 16.4. The maximum absolute atomic E-state index is 12.0. The average molecular weight is 279 g/mol. The number of hydrogen-bond donors (Lipinski definition) is 3. The van der Waals surface area contributed by atoms with Crippen LogP contribution in [0.4, 0.5) is 0 Å². The summed E-state index contributed by atoms with van der Waals surface area (Å²) in [6.07, 6.45) is 0.269. The van der Waals surface area contributed by atoms with E-state index >= 15 is 0 Å². The molecule has 1 rings (SSSR count). The number of carbonyl (C=O) groups is 3. The summed E-state index contributed by atoms with van der Waals surface area (Å²) in [7, 11) is 1.40. The van der Waals surface area contributed by atoms with E-state index in [0.29, 0.717) is 12.0 Å². The molecule has 0 saturated carbocycles. The summed E-state index contributed by atoms with van der Waals surface area (Å²) in [6, 6.07) is 5.30. The molecule has 0 aliphatic heterocycles. The molecule has 108 valence electrons. The van der Waals surface area contributed by atoms with Gasteiger partial charge in [0.25, 0.3) is 5.91 Å². The number of benzene rings is 1. The maximum Gasteiger partial charge on any atom is 0.326 e. The predicted octanol–water partition coefficient (Wildman–Crippen LogP) is 0.568. The molecule has 0 fully saturated rings. The Bertz CT molecular complexity index is 516. The fraction of sp³-hybridized carbons (Fsp3) is 0.357. The van der Waals surface area contributed by atoms with Gasteiger partial charge in [-0.15, -0.1) is 0 Å². The van der Waals surface area contributed by atoms with Crippen LogP contribution in [-0.2, 0) is 16.0 Å². The first-order valence-electron chi connectivity index (χ1n) is 6.81. The predicted molar refractivity (Wildman–Crippen MR) is 73.4 cm³/mol. The van der Waals surface area contributed by atoms with Gasteiger partial charge in [-0.3, -0.25) is 9.59 Å². The van der Waals surface area contributed by atoms with Gasteiger partial charge in [-0.25, -0.2) is 4.79 Å². The largest absolute Gasteiger partial charge is 0.480 e. The minimum atomic E-state index is -1.27. The highest BCUT2D eigenvalue weighted by Crippen LogP contribution is 2.06. The second-order valence-electron chi connectivity index (χ2n) is 4.19. The first-order valence-corrected chi connectivity index (χ1v) is 6.10. The molecule has 0 saturated heterocycles. The van der Waals surface area contributed by atoms with Gasteiger partial charge in [-0.2, -0.15) is 0 Å². The number of carbonyl (C=O) groups excluding carboxylic acids is 2. The van der Waals surface area contributed by atoms with Gasteiger partial charge in [0.05, 0.1) is 6.42 Å². The minimum Gasteiger partial charge on any atom is -0.480 e. The standard InChI is InChI=1S/C14H18N2O4/c1-3-9-4-6-10(7-5-9)13(18)16-11(14(19)20)8-12(17)15-2/h4-7,11H,3,8H2,1-2H3,(H,15,17)(H,16,18)(H,19,20)/t11-/m0/s1/i1D. The fourth-order valence-electron chi connectivity index (χ4n) is 1.55. The van der Waals surface area contributed by atoms with E-state index in [1.165, 1.54) is 7.05 Å². The molecule has 0 spiro atoms. The van der Waals surface area contributed by atoms with E-state index in [1.54, 1.807) is 24.3 Å². The van der Waals surface area contributed by atoms with Crippen molar-refractivity contribution in [2.75, 3.05) is 7.05 Å². The lowest BCUT2D eigenvalue weighted by atomic mass is 10.1. The zero-order chi connectivity index (χ0) is 15.8. The topological polar surface area (TPSA) is 95.5 Å². The molecule has 0 aliphatic rings. The molecule has 20 heavy (non-hydrogen) atoms. The summed E-state index contributed by atoms with van der Waals surface area (Å²) >= 11 is 0. The Morgan fingerprint density at radius 1 is 1.30 bits per heavy atom. The third-order valence-electron chi connectivity index (χ3n) is 2.78. The Balaban J connectivity index is 2.72. The third kappa shape index (κ3) is 4.38. The van der Waals surface area contributed by atoms with Crippen molar-refractivity contribution >= 4 is 17.8 Å². The molecule has 0 radical (unpaired) electrons. The summed E-state index contributed by atoms with van der Waals surface area (Å²) in [6.45, 7) is 0.263. The SMILES string of the molecule is [2H]CCc1ccc(C(=O)N[C@@H](CC(=O)NC)C(=O)O)cc1. The molecular formula is C14H18N2O4. The van der Waals surface area contributed by atoms with Gasteiger partial charge in [0, 0.05) is 14.0 Å². The smallest absolute Gasteiger partial charge is 0.326 e. The molecule has 0 aliphatic carbocycles. The summed E-state index contributed by atoms with van der Waals surface area (Å²) in [4.78, 5) is 34.2. The van der Waals surface area contributed by atoms with Crippen molar-refractivity contribution in [3.63, 3.8) is 0 Å². The number of hydrogen-bond acceptors (Lipinski definition) is 3. The lowest BCUT2D eigenvalue weighted by molar-refractivity contribution is -0.141. The summed E-state index contributed by atoms with van der Waals surface area (Å²) < 4.78 is 7.12. The molecule has 1 aromatic carbocycles. The summed E-state index contributed by atoms with van der Waals surface area (Å²) in [5.74, 6) is -2.28. The van der Waals surface area contributed by atoms with Gasteiger partial charge < -0.3 is 15.7 Å². The molecule has 6 heteroatoms. The van der Waals surface area contributed by atoms with Gasteiger partial charge in [0.2, 0.25) is 5.91 Å². The first-order chi connectivity index (χ1) is 9.97. The Morgan fingerprint density at radius 2 is 1.95 bits per heavy atom. The van der Waals surface area contributed by atoms with Crippen LogP contribution in [0.5, 0.6) is 0 Å². The quantitative estimate of drug-likeness (QED) is 0.709. The Kier molecular flexibility index (Phi) is 5.11. The van der Waals surface area contributed by atoms with Crippen molar-refractivity contribution in [3.05, 3.63) is 35.4 Å². The molecule has 0 aromatic heterocycles. The van der Waals surface area contributed by atoms with Crippen LogP contribution >= 0.6 is 0 Å². The number of aryl methyl sites for hydroxylation is 1. The van der Waals surface area contributed by atoms with E-state index in [-0.39, 0.29) is 13.3 Å². The molecule has 0 bridgehead atoms. The summed E-state index contributed by atoms with van der Waals surface area (Å²) in [5, 5.41) is 13.6. The van der Waals surface area contributed by atoms with Crippen LogP contribution < -0.4 is 10.6 Å². The number of carboxylic acids is 1. The van der Waals surface area contributed by atoms with Crippen LogP contribution in [0.1, 0.15) is 30.6 Å². The third-order valence-corrected chi connectivity index (χ3v) is 2.78. The highest BCUT2D eigenvalue weighted by Gasteiger charge is 2.23. The summed E-state index contributed by atoms with van der Waals surface area (Å²) in [5.41, 5.74) is 1.24. The number of nitrogens with one attached hydrogen (secondary N) is 2. The fourth-order valence-corrected chi connectivity index (χ4v) is 1.55. The molecule has 3 N–H and O–H groups in total. The molecule has 0 unspecified atom stereocenters. The molecular weight excluding hydrogens is 260 g/mol. The Morgan fingerprint density at radius 3 is 2.45 bits per heavy atom. The average Bonchev–Trinajstić information content (AvgIpc) is 2.47. The van der Waals surface area contributed by atoms with E-state index in [9.17, 15) is 14.4 Å². The Hall–Kier alpha value is -2.37. The highest BCUT2D eigenvalue weighted by molar-refractivity contribution is 5.97. The van der Waals surface area contributed by atoms with E-state index in [0.717, 1.165) is 5.56 Å². The van der Waals surface area contributed by atoms with Crippen molar-refractivity contribution in [1.82, 2.24) is 10.6 Å². The van der Waals surface area contributed by atoms with E-state index < -0.39 is 23.8 Å². The zero-order valence-corrected chi connectivity index (χ0v) is 11.2. The second-order valence-corrected chi connectivity index (χ2v) is 4.19. The van der Waals surface area contributed by atoms with Gasteiger partial charge in [-0.05, 0) is 24.1 Å². The first kappa shape index (κ1) is 14.0. The molecule has 1 atom stereocenters. The van der Waals surface area contributed by atoms with Crippen LogP contribution in [0, 0.1) is 0 Å². The van der Waals surface area contributed by atoms with Gasteiger partial charge in [0.1, 0.15) is 6.04 Å². The molecule has 6 nitrogen and oxygen atoms in total. The lowest BCUT2D eigenvalue weighted by Gasteiger charge is -2.13. The van der Waals surface area contributed by atoms with Crippen molar-refractivity contribution in [2.45, 2.75) is 25.8 Å². The van der Waals surface area contributed by atoms with E-state index in [4.69, 9.17) is 6.48 Å². The minimum absolute atomic E-state index is 0.263. The van der Waals surface area contributed by atoms with Crippen LogP contribution in [0.3, 0.4) is 0 Å². The number of carboxylic acid groups (broad SMARTS) is 1. The molecule has 1 aromatic rings. The van der Waals surface area contributed by atoms with Gasteiger partial charge in [0.15, 0.2) is 0 Å². The zero-order valence-electron chi connectivity index (χ0n) is 12.2. The second kappa shape index (κ2) is 7.28. The van der Waals surface area contributed by atoms with E-state index in [1.807, 2.05) is 0 Å². The normalized spacial score (nSPS) is 12.2. The van der Waals surface area contributed by atoms with Crippen LogP contribution in [0.2, 0.25) is 0 Å². The maximum atomic E-state index is 12.0.